The Morgan fingerprint density at radius 3 is 2.05 bits per heavy atom. The molecule has 2 atom stereocenters. The van der Waals surface area contributed by atoms with Gasteiger partial charge in [0, 0.05) is 0 Å². The first-order valence-corrected chi connectivity index (χ1v) is 8.52. The highest BCUT2D eigenvalue weighted by molar-refractivity contribution is 4.82. The Morgan fingerprint density at radius 1 is 0.947 bits per heavy atom. The van der Waals surface area contributed by atoms with Gasteiger partial charge in [0.05, 0.1) is 0 Å². The smallest absolute Gasteiger partial charge is 0.00487 e. The zero-order chi connectivity index (χ0) is 14.9. The molecule has 0 amide bonds. The topological polar surface area (TPSA) is 12.0 Å². The molecule has 0 heterocycles. The van der Waals surface area contributed by atoms with Gasteiger partial charge in [0.25, 0.3) is 0 Å². The molecule has 19 heavy (non-hydrogen) atoms. The van der Waals surface area contributed by atoms with Crippen LogP contribution in [0.25, 0.3) is 0 Å². The predicted molar refractivity (Wildman–Crippen MR) is 88.6 cm³/mol. The Bertz CT molecular complexity index is 222. The van der Waals surface area contributed by atoms with E-state index in [2.05, 4.69) is 53.8 Å². The molecule has 0 spiro atoms. The van der Waals surface area contributed by atoms with Gasteiger partial charge in [0.1, 0.15) is 0 Å². The summed E-state index contributed by atoms with van der Waals surface area (Å²) in [5.41, 5.74) is 1.01. The minimum absolute atomic E-state index is 0.483. The molecule has 0 aliphatic carbocycles. The van der Waals surface area contributed by atoms with E-state index in [1.165, 1.54) is 51.6 Å². The number of rotatable bonds is 11. The third-order valence-electron chi connectivity index (χ3n) is 5.46. The Kier molecular flexibility index (Phi) is 8.98. The molecular formula is C18H39N. The number of hydrogen-bond donors (Lipinski definition) is 1. The van der Waals surface area contributed by atoms with Gasteiger partial charge in [-0.3, -0.25) is 0 Å². The Hall–Kier alpha value is -0.0400. The summed E-state index contributed by atoms with van der Waals surface area (Å²) in [5, 5.41) is 3.53. The standard InChI is InChI=1S/C18H39N/c1-8-13-19-14-11-12-18(7,10-3)15-16(4)17(5,6)9-2/h16,19H,8-15H2,1-7H3. The second-order valence-electron chi connectivity index (χ2n) is 7.47. The van der Waals surface area contributed by atoms with Gasteiger partial charge < -0.3 is 5.32 Å². The zero-order valence-corrected chi connectivity index (χ0v) is 14.7. The molecular weight excluding hydrogens is 230 g/mol. The van der Waals surface area contributed by atoms with Crippen LogP contribution >= 0.6 is 0 Å². The summed E-state index contributed by atoms with van der Waals surface area (Å²) in [6.07, 6.45) is 7.90. The third kappa shape index (κ3) is 7.34. The highest BCUT2D eigenvalue weighted by Gasteiger charge is 2.31. The molecule has 0 aromatic carbocycles. The fraction of sp³-hybridized carbons (Fsp3) is 1.00. The summed E-state index contributed by atoms with van der Waals surface area (Å²) in [6, 6.07) is 0. The molecule has 0 saturated carbocycles. The lowest BCUT2D eigenvalue weighted by molar-refractivity contribution is 0.125. The van der Waals surface area contributed by atoms with Crippen molar-refractivity contribution in [1.29, 1.82) is 0 Å². The van der Waals surface area contributed by atoms with Crippen LogP contribution in [0.1, 0.15) is 87.0 Å². The van der Waals surface area contributed by atoms with Crippen molar-refractivity contribution in [2.24, 2.45) is 16.7 Å². The molecule has 0 aliphatic rings. The SMILES string of the molecule is CCCNCCCC(C)(CC)CC(C)C(C)(C)CC. The summed E-state index contributed by atoms with van der Waals surface area (Å²) in [5.74, 6) is 0.811. The lowest BCUT2D eigenvalue weighted by atomic mass is 9.67. The van der Waals surface area contributed by atoms with E-state index in [0.29, 0.717) is 10.8 Å². The lowest BCUT2D eigenvalue weighted by Gasteiger charge is -2.38. The molecule has 0 rings (SSSR count). The van der Waals surface area contributed by atoms with Crippen molar-refractivity contribution < 1.29 is 0 Å². The first kappa shape index (κ1) is 19.0. The third-order valence-corrected chi connectivity index (χ3v) is 5.46. The predicted octanol–water partition coefficient (Wildman–Crippen LogP) is 5.64. The van der Waals surface area contributed by atoms with Crippen molar-refractivity contribution in [3.8, 4) is 0 Å². The van der Waals surface area contributed by atoms with E-state index in [1.807, 2.05) is 0 Å². The van der Waals surface area contributed by atoms with E-state index in [-0.39, 0.29) is 0 Å². The fourth-order valence-corrected chi connectivity index (χ4v) is 2.73. The van der Waals surface area contributed by atoms with Crippen LogP contribution in [-0.2, 0) is 0 Å². The van der Waals surface area contributed by atoms with E-state index in [1.54, 1.807) is 0 Å². The molecule has 0 aromatic rings. The quantitative estimate of drug-likeness (QED) is 0.478. The van der Waals surface area contributed by atoms with Gasteiger partial charge in [-0.15, -0.1) is 0 Å². The van der Waals surface area contributed by atoms with E-state index >= 15 is 0 Å². The molecule has 0 saturated heterocycles. The molecule has 0 aromatic heterocycles. The first-order chi connectivity index (χ1) is 8.81. The van der Waals surface area contributed by atoms with Crippen LogP contribution in [0.4, 0.5) is 0 Å². The van der Waals surface area contributed by atoms with Crippen molar-refractivity contribution in [3.05, 3.63) is 0 Å². The van der Waals surface area contributed by atoms with Gasteiger partial charge in [-0.1, -0.05) is 61.3 Å². The Labute approximate surface area is 122 Å². The minimum atomic E-state index is 0.483. The molecule has 0 bridgehead atoms. The summed E-state index contributed by atoms with van der Waals surface area (Å²) < 4.78 is 0. The lowest BCUT2D eigenvalue weighted by Crippen LogP contribution is -2.28. The maximum absolute atomic E-state index is 3.53. The van der Waals surface area contributed by atoms with Crippen molar-refractivity contribution >= 4 is 0 Å². The van der Waals surface area contributed by atoms with Crippen LogP contribution < -0.4 is 5.32 Å². The van der Waals surface area contributed by atoms with Crippen LogP contribution in [0.5, 0.6) is 0 Å². The average molecular weight is 270 g/mol. The van der Waals surface area contributed by atoms with E-state index in [4.69, 9.17) is 0 Å². The van der Waals surface area contributed by atoms with E-state index in [9.17, 15) is 0 Å². The van der Waals surface area contributed by atoms with Crippen LogP contribution in [0.15, 0.2) is 0 Å². The van der Waals surface area contributed by atoms with Gasteiger partial charge in [-0.2, -0.15) is 0 Å². The minimum Gasteiger partial charge on any atom is -0.317 e. The summed E-state index contributed by atoms with van der Waals surface area (Å²) in [4.78, 5) is 0. The normalized spacial score (nSPS) is 17.2. The van der Waals surface area contributed by atoms with Gasteiger partial charge in [-0.25, -0.2) is 0 Å². The molecule has 116 valence electrons. The zero-order valence-electron chi connectivity index (χ0n) is 14.7. The van der Waals surface area contributed by atoms with Crippen molar-refractivity contribution in [3.63, 3.8) is 0 Å². The maximum Gasteiger partial charge on any atom is -0.00487 e. The molecule has 0 fully saturated rings. The molecule has 1 nitrogen and oxygen atoms in total. The van der Waals surface area contributed by atoms with E-state index in [0.717, 1.165) is 5.92 Å². The van der Waals surface area contributed by atoms with Gasteiger partial charge in [0.2, 0.25) is 0 Å². The van der Waals surface area contributed by atoms with Crippen LogP contribution in [0, 0.1) is 16.7 Å². The van der Waals surface area contributed by atoms with Crippen LogP contribution in [0.3, 0.4) is 0 Å². The van der Waals surface area contributed by atoms with Gasteiger partial charge in [0.15, 0.2) is 0 Å². The molecule has 0 aliphatic heterocycles. The fourth-order valence-electron chi connectivity index (χ4n) is 2.73. The molecule has 2 unspecified atom stereocenters. The molecule has 1 N–H and O–H groups in total. The maximum atomic E-state index is 3.53. The van der Waals surface area contributed by atoms with Crippen molar-refractivity contribution in [2.75, 3.05) is 13.1 Å². The summed E-state index contributed by atoms with van der Waals surface area (Å²) in [6.45, 7) is 19.1. The van der Waals surface area contributed by atoms with Gasteiger partial charge in [-0.05, 0) is 55.5 Å². The highest BCUT2D eigenvalue weighted by atomic mass is 14.8. The largest absolute Gasteiger partial charge is 0.317 e. The monoisotopic (exact) mass is 269 g/mol. The van der Waals surface area contributed by atoms with Crippen LogP contribution in [-0.4, -0.2) is 13.1 Å². The van der Waals surface area contributed by atoms with E-state index < -0.39 is 0 Å². The first-order valence-electron chi connectivity index (χ1n) is 8.52. The average Bonchev–Trinajstić information content (AvgIpc) is 2.38. The Balaban J connectivity index is 4.21. The summed E-state index contributed by atoms with van der Waals surface area (Å²) >= 11 is 0. The number of nitrogens with one attached hydrogen (secondary N) is 1. The van der Waals surface area contributed by atoms with Crippen LogP contribution in [0.2, 0.25) is 0 Å². The van der Waals surface area contributed by atoms with Crippen molar-refractivity contribution in [2.45, 2.75) is 87.0 Å². The number of hydrogen-bond acceptors (Lipinski definition) is 1. The summed E-state index contributed by atoms with van der Waals surface area (Å²) in [7, 11) is 0. The highest BCUT2D eigenvalue weighted by Crippen LogP contribution is 2.42. The van der Waals surface area contributed by atoms with Crippen molar-refractivity contribution in [1.82, 2.24) is 5.32 Å². The second kappa shape index (κ2) is 9.00. The van der Waals surface area contributed by atoms with Gasteiger partial charge >= 0.3 is 0 Å². The second-order valence-corrected chi connectivity index (χ2v) is 7.47. The Morgan fingerprint density at radius 2 is 1.58 bits per heavy atom. The molecule has 1 heteroatoms. The molecule has 0 radical (unpaired) electrons.